The molecule has 2 aromatic rings. The second-order valence-corrected chi connectivity index (χ2v) is 4.24. The summed E-state index contributed by atoms with van der Waals surface area (Å²) in [6.07, 6.45) is 3.29. The lowest BCUT2D eigenvalue weighted by Gasteiger charge is -2.19. The lowest BCUT2D eigenvalue weighted by molar-refractivity contribution is 0.841. The minimum Gasteiger partial charge on any atom is -0.323 e. The number of benzene rings is 2. The molecule has 0 spiro atoms. The van der Waals surface area contributed by atoms with Gasteiger partial charge in [-0.25, -0.2) is 0 Å². The Hall–Kier alpha value is -1.83. The van der Waals surface area contributed by atoms with Crippen molar-refractivity contribution in [2.75, 3.05) is 0 Å². The molecule has 0 unspecified atom stereocenters. The van der Waals surface area contributed by atoms with E-state index in [1.54, 1.807) is 0 Å². The van der Waals surface area contributed by atoms with Gasteiger partial charge in [0, 0.05) is 5.56 Å². The average Bonchev–Trinajstić information content (AvgIpc) is 2.37. The molecule has 1 aliphatic rings. The summed E-state index contributed by atoms with van der Waals surface area (Å²) >= 11 is 0. The van der Waals surface area contributed by atoms with Crippen LogP contribution in [0.2, 0.25) is 0 Å². The maximum absolute atomic E-state index is 5.45. The Morgan fingerprint density at radius 1 is 1.00 bits per heavy atom. The van der Waals surface area contributed by atoms with Crippen LogP contribution in [0.1, 0.15) is 24.0 Å². The first-order valence-electron chi connectivity index (χ1n) is 5.68. The average molecular weight is 210 g/mol. The number of rotatable bonds is 0. The molecule has 16 heavy (non-hydrogen) atoms. The SMILES string of the molecule is N/N=C1/CCCc2c1ccc1ccccc21. The van der Waals surface area contributed by atoms with Gasteiger partial charge in [0.1, 0.15) is 0 Å². The third-order valence-electron chi connectivity index (χ3n) is 3.35. The second-order valence-electron chi connectivity index (χ2n) is 4.24. The van der Waals surface area contributed by atoms with Crippen molar-refractivity contribution in [2.24, 2.45) is 10.9 Å². The molecular formula is C14H14N2. The molecule has 3 rings (SSSR count). The molecule has 0 aromatic heterocycles. The molecule has 2 nitrogen and oxygen atoms in total. The van der Waals surface area contributed by atoms with Crippen molar-refractivity contribution in [2.45, 2.75) is 19.3 Å². The Morgan fingerprint density at radius 3 is 2.75 bits per heavy atom. The number of nitrogens with two attached hydrogens (primary N) is 1. The topological polar surface area (TPSA) is 38.4 Å². The smallest absolute Gasteiger partial charge is 0.0675 e. The van der Waals surface area contributed by atoms with Gasteiger partial charge in [-0.2, -0.15) is 5.10 Å². The van der Waals surface area contributed by atoms with Crippen LogP contribution in [0.25, 0.3) is 10.8 Å². The van der Waals surface area contributed by atoms with Crippen LogP contribution in [0.15, 0.2) is 41.5 Å². The molecule has 0 radical (unpaired) electrons. The molecule has 2 aromatic carbocycles. The molecule has 0 heterocycles. The zero-order chi connectivity index (χ0) is 11.0. The van der Waals surface area contributed by atoms with Crippen LogP contribution < -0.4 is 5.84 Å². The van der Waals surface area contributed by atoms with Crippen molar-refractivity contribution in [3.63, 3.8) is 0 Å². The van der Waals surface area contributed by atoms with E-state index in [9.17, 15) is 0 Å². The van der Waals surface area contributed by atoms with Crippen LogP contribution >= 0.6 is 0 Å². The van der Waals surface area contributed by atoms with Crippen LogP contribution in [0, 0.1) is 0 Å². The van der Waals surface area contributed by atoms with Gasteiger partial charge in [-0.05, 0) is 35.6 Å². The second kappa shape index (κ2) is 3.63. The van der Waals surface area contributed by atoms with Gasteiger partial charge < -0.3 is 5.84 Å². The molecule has 0 atom stereocenters. The van der Waals surface area contributed by atoms with Crippen molar-refractivity contribution in [1.82, 2.24) is 0 Å². The minimum atomic E-state index is 1.00. The normalized spacial score (nSPS) is 17.6. The molecule has 0 saturated carbocycles. The predicted octanol–water partition coefficient (Wildman–Crippen LogP) is 2.84. The fraction of sp³-hybridized carbons (Fsp3) is 0.214. The standard InChI is InChI=1S/C14H14N2/c15-16-14-7-3-6-12-11-5-2-1-4-10(11)8-9-13(12)14/h1-2,4-5,8-9H,3,6-7,15H2/b16-14-. The first kappa shape index (κ1) is 9.40. The predicted molar refractivity (Wildman–Crippen MR) is 67.6 cm³/mol. The molecule has 0 bridgehead atoms. The number of hydrazone groups is 1. The fourth-order valence-corrected chi connectivity index (χ4v) is 2.58. The number of fused-ring (bicyclic) bond motifs is 3. The van der Waals surface area contributed by atoms with Crippen LogP contribution in [-0.2, 0) is 6.42 Å². The Labute approximate surface area is 94.8 Å². The van der Waals surface area contributed by atoms with E-state index in [2.05, 4.69) is 41.5 Å². The first-order chi connectivity index (χ1) is 7.90. The summed E-state index contributed by atoms with van der Waals surface area (Å²) in [5, 5.41) is 6.57. The zero-order valence-corrected chi connectivity index (χ0v) is 9.11. The first-order valence-corrected chi connectivity index (χ1v) is 5.68. The van der Waals surface area contributed by atoms with E-state index in [4.69, 9.17) is 5.84 Å². The summed E-state index contributed by atoms with van der Waals surface area (Å²) in [7, 11) is 0. The third-order valence-corrected chi connectivity index (χ3v) is 3.35. The highest BCUT2D eigenvalue weighted by Gasteiger charge is 2.17. The van der Waals surface area contributed by atoms with E-state index in [0.717, 1.165) is 25.0 Å². The third kappa shape index (κ3) is 1.30. The van der Waals surface area contributed by atoms with E-state index in [1.165, 1.54) is 21.9 Å². The summed E-state index contributed by atoms with van der Waals surface area (Å²) in [4.78, 5) is 0. The quantitative estimate of drug-likeness (QED) is 0.527. The van der Waals surface area contributed by atoms with E-state index < -0.39 is 0 Å². The highest BCUT2D eigenvalue weighted by Crippen LogP contribution is 2.28. The number of hydrogen-bond acceptors (Lipinski definition) is 2. The van der Waals surface area contributed by atoms with Gasteiger partial charge in [-0.1, -0.05) is 36.4 Å². The van der Waals surface area contributed by atoms with Gasteiger partial charge in [0.25, 0.3) is 0 Å². The van der Waals surface area contributed by atoms with E-state index in [-0.39, 0.29) is 0 Å². The van der Waals surface area contributed by atoms with Gasteiger partial charge >= 0.3 is 0 Å². The maximum Gasteiger partial charge on any atom is 0.0675 e. The van der Waals surface area contributed by atoms with Crippen LogP contribution in [0.4, 0.5) is 0 Å². The van der Waals surface area contributed by atoms with E-state index >= 15 is 0 Å². The molecule has 0 amide bonds. The van der Waals surface area contributed by atoms with Gasteiger partial charge in [-0.15, -0.1) is 0 Å². The Balaban J connectivity index is 2.34. The molecule has 2 heteroatoms. The van der Waals surface area contributed by atoms with Gasteiger partial charge in [0.05, 0.1) is 5.71 Å². The van der Waals surface area contributed by atoms with E-state index in [1.807, 2.05) is 0 Å². The zero-order valence-electron chi connectivity index (χ0n) is 9.11. The van der Waals surface area contributed by atoms with E-state index in [0.29, 0.717) is 0 Å². The highest BCUT2D eigenvalue weighted by atomic mass is 15.1. The van der Waals surface area contributed by atoms with Crippen molar-refractivity contribution in [1.29, 1.82) is 0 Å². The lowest BCUT2D eigenvalue weighted by atomic mass is 9.86. The van der Waals surface area contributed by atoms with Crippen molar-refractivity contribution in [3.8, 4) is 0 Å². The van der Waals surface area contributed by atoms with Gasteiger partial charge in [-0.3, -0.25) is 0 Å². The monoisotopic (exact) mass is 210 g/mol. The number of nitrogens with zero attached hydrogens (tertiary/aromatic N) is 1. The molecule has 1 aliphatic carbocycles. The summed E-state index contributed by atoms with van der Waals surface area (Å²) in [5.74, 6) is 5.45. The Kier molecular flexibility index (Phi) is 2.13. The Bertz CT molecular complexity index is 570. The number of hydrogen-bond donors (Lipinski definition) is 1. The number of aryl methyl sites for hydroxylation is 1. The van der Waals surface area contributed by atoms with Crippen LogP contribution in [-0.4, -0.2) is 5.71 Å². The molecule has 80 valence electrons. The largest absolute Gasteiger partial charge is 0.323 e. The molecule has 0 fully saturated rings. The molecular weight excluding hydrogens is 196 g/mol. The highest BCUT2D eigenvalue weighted by molar-refractivity contribution is 6.06. The lowest BCUT2D eigenvalue weighted by Crippen LogP contribution is -2.13. The summed E-state index contributed by atoms with van der Waals surface area (Å²) in [6, 6.07) is 12.8. The maximum atomic E-state index is 5.45. The van der Waals surface area contributed by atoms with Crippen molar-refractivity contribution < 1.29 is 0 Å². The summed E-state index contributed by atoms with van der Waals surface area (Å²) in [6.45, 7) is 0. The Morgan fingerprint density at radius 2 is 1.88 bits per heavy atom. The van der Waals surface area contributed by atoms with Crippen molar-refractivity contribution >= 4 is 16.5 Å². The summed E-state index contributed by atoms with van der Waals surface area (Å²) in [5.41, 5.74) is 3.70. The molecule has 0 saturated heterocycles. The van der Waals surface area contributed by atoms with Gasteiger partial charge in [0.2, 0.25) is 0 Å². The van der Waals surface area contributed by atoms with Gasteiger partial charge in [0.15, 0.2) is 0 Å². The van der Waals surface area contributed by atoms with Crippen LogP contribution in [0.3, 0.4) is 0 Å². The molecule has 0 aliphatic heterocycles. The molecule has 2 N–H and O–H groups in total. The summed E-state index contributed by atoms with van der Waals surface area (Å²) < 4.78 is 0. The van der Waals surface area contributed by atoms with Crippen LogP contribution in [0.5, 0.6) is 0 Å². The minimum absolute atomic E-state index is 1.00. The fourth-order valence-electron chi connectivity index (χ4n) is 2.58. The van der Waals surface area contributed by atoms with Crippen molar-refractivity contribution in [3.05, 3.63) is 47.5 Å².